The molecule has 1 atom stereocenters. The van der Waals surface area contributed by atoms with Crippen molar-refractivity contribution in [3.8, 4) is 0 Å². The first-order valence-electron chi connectivity index (χ1n) is 11.1. The summed E-state index contributed by atoms with van der Waals surface area (Å²) in [5.41, 5.74) is 2.79. The summed E-state index contributed by atoms with van der Waals surface area (Å²) in [6.07, 6.45) is 13.2. The van der Waals surface area contributed by atoms with Crippen molar-refractivity contribution >= 4 is 34.2 Å². The molecule has 1 unspecified atom stereocenters. The first-order chi connectivity index (χ1) is 15.3. The number of nitrogens with zero attached hydrogens (tertiary/aromatic N) is 4. The summed E-state index contributed by atoms with van der Waals surface area (Å²) < 4.78 is 0. The Kier molecular flexibility index (Phi) is 7.25. The van der Waals surface area contributed by atoms with Gasteiger partial charge >= 0.3 is 0 Å². The Balaban J connectivity index is 1.63. The SMILES string of the molecule is C=CCN(c1ncnc2nc[nH]c12)C(CCc1ccccc1)C(=S)NC1CCCCC1. The number of anilines is 1. The summed E-state index contributed by atoms with van der Waals surface area (Å²) in [6.45, 7) is 4.63. The van der Waals surface area contributed by atoms with Crippen LogP contribution in [-0.2, 0) is 6.42 Å². The van der Waals surface area contributed by atoms with E-state index in [0.29, 0.717) is 18.2 Å². The lowest BCUT2D eigenvalue weighted by molar-refractivity contribution is 0.411. The highest BCUT2D eigenvalue weighted by Gasteiger charge is 2.27. The van der Waals surface area contributed by atoms with Crippen LogP contribution < -0.4 is 10.2 Å². The second kappa shape index (κ2) is 10.5. The minimum Gasteiger partial charge on any atom is -0.375 e. The molecule has 0 radical (unpaired) electrons. The van der Waals surface area contributed by atoms with E-state index in [0.717, 1.165) is 29.2 Å². The minimum absolute atomic E-state index is 0.00321. The maximum Gasteiger partial charge on any atom is 0.182 e. The number of aromatic amines is 1. The van der Waals surface area contributed by atoms with Crippen molar-refractivity contribution in [3.63, 3.8) is 0 Å². The molecule has 1 aromatic carbocycles. The number of aromatic nitrogens is 4. The van der Waals surface area contributed by atoms with E-state index in [1.54, 1.807) is 12.7 Å². The van der Waals surface area contributed by atoms with Gasteiger partial charge in [-0.15, -0.1) is 6.58 Å². The Morgan fingerprint density at radius 2 is 2.00 bits per heavy atom. The molecule has 4 rings (SSSR count). The van der Waals surface area contributed by atoms with E-state index in [9.17, 15) is 0 Å². The molecule has 3 aromatic rings. The van der Waals surface area contributed by atoms with Crippen molar-refractivity contribution in [2.24, 2.45) is 0 Å². The fourth-order valence-corrected chi connectivity index (χ4v) is 4.80. The number of rotatable bonds is 9. The number of hydrogen-bond acceptors (Lipinski definition) is 5. The summed E-state index contributed by atoms with van der Waals surface area (Å²) >= 11 is 6.01. The standard InChI is InChI=1S/C24H30N6S/c1-2-15-30(23-21-22(26-16-25-21)27-17-28-23)20(14-13-18-9-5-3-6-10-18)24(31)29-19-11-7-4-8-12-19/h2-3,5-6,9-10,16-17,19-20H,1,4,7-8,11-15H2,(H,29,31)(H,25,26,27,28). The van der Waals surface area contributed by atoms with Crippen LogP contribution in [0.15, 0.2) is 55.6 Å². The van der Waals surface area contributed by atoms with Crippen LogP contribution in [0.1, 0.15) is 44.1 Å². The molecule has 0 bridgehead atoms. The minimum atomic E-state index is -0.00321. The second-order valence-corrected chi connectivity index (χ2v) is 8.56. The number of hydrogen-bond donors (Lipinski definition) is 2. The third-order valence-electron chi connectivity index (χ3n) is 5.98. The lowest BCUT2D eigenvalue weighted by atomic mass is 9.95. The van der Waals surface area contributed by atoms with E-state index in [1.807, 2.05) is 6.08 Å². The Morgan fingerprint density at radius 1 is 1.19 bits per heavy atom. The second-order valence-electron chi connectivity index (χ2n) is 8.12. The Morgan fingerprint density at radius 3 is 2.77 bits per heavy atom. The predicted molar refractivity (Wildman–Crippen MR) is 130 cm³/mol. The zero-order valence-electron chi connectivity index (χ0n) is 17.8. The number of benzene rings is 1. The topological polar surface area (TPSA) is 69.7 Å². The van der Waals surface area contributed by atoms with Crippen molar-refractivity contribution < 1.29 is 0 Å². The lowest BCUT2D eigenvalue weighted by Gasteiger charge is -2.35. The van der Waals surface area contributed by atoms with E-state index in [4.69, 9.17) is 12.2 Å². The van der Waals surface area contributed by atoms with Crippen LogP contribution in [0.2, 0.25) is 0 Å². The Bertz CT molecular complexity index is 995. The molecule has 0 spiro atoms. The molecule has 1 aliphatic carbocycles. The summed E-state index contributed by atoms with van der Waals surface area (Å²) in [5, 5.41) is 3.69. The van der Waals surface area contributed by atoms with Crippen molar-refractivity contribution in [3.05, 3.63) is 61.2 Å². The lowest BCUT2D eigenvalue weighted by Crippen LogP contribution is -2.50. The molecule has 2 heterocycles. The van der Waals surface area contributed by atoms with Gasteiger partial charge in [0, 0.05) is 12.6 Å². The molecule has 162 valence electrons. The Hall–Kier alpha value is -2.80. The molecule has 31 heavy (non-hydrogen) atoms. The van der Waals surface area contributed by atoms with Gasteiger partial charge in [-0.1, -0.05) is 67.9 Å². The zero-order chi connectivity index (χ0) is 21.5. The summed E-state index contributed by atoms with van der Waals surface area (Å²) in [7, 11) is 0. The van der Waals surface area contributed by atoms with Gasteiger partial charge in [0.2, 0.25) is 0 Å². The number of fused-ring (bicyclic) bond motifs is 1. The number of thiocarbonyl (C=S) groups is 1. The highest BCUT2D eigenvalue weighted by atomic mass is 32.1. The van der Waals surface area contributed by atoms with Crippen LogP contribution in [0.25, 0.3) is 11.2 Å². The van der Waals surface area contributed by atoms with Gasteiger partial charge in [-0.25, -0.2) is 15.0 Å². The predicted octanol–water partition coefficient (Wildman–Crippen LogP) is 4.60. The normalized spacial score (nSPS) is 15.5. The molecule has 1 saturated carbocycles. The monoisotopic (exact) mass is 434 g/mol. The van der Waals surface area contributed by atoms with Gasteiger partial charge in [-0.2, -0.15) is 0 Å². The van der Waals surface area contributed by atoms with Gasteiger partial charge in [0.1, 0.15) is 11.8 Å². The quantitative estimate of drug-likeness (QED) is 0.379. The summed E-state index contributed by atoms with van der Waals surface area (Å²) in [4.78, 5) is 19.5. The molecule has 0 amide bonds. The smallest absolute Gasteiger partial charge is 0.182 e. The average Bonchev–Trinajstić information content (AvgIpc) is 3.29. The third kappa shape index (κ3) is 5.28. The number of imidazole rings is 1. The van der Waals surface area contributed by atoms with Crippen LogP contribution in [0.4, 0.5) is 5.82 Å². The van der Waals surface area contributed by atoms with E-state index < -0.39 is 0 Å². The molecule has 2 N–H and O–H groups in total. The first-order valence-corrected chi connectivity index (χ1v) is 11.5. The Labute approximate surface area is 189 Å². The van der Waals surface area contributed by atoms with E-state index in [2.05, 4.69) is 67.1 Å². The van der Waals surface area contributed by atoms with Crippen LogP contribution in [0, 0.1) is 0 Å². The fraction of sp³-hybridized carbons (Fsp3) is 0.417. The average molecular weight is 435 g/mol. The molecule has 2 aromatic heterocycles. The van der Waals surface area contributed by atoms with Crippen LogP contribution in [0.3, 0.4) is 0 Å². The maximum absolute atomic E-state index is 6.01. The molecule has 1 aliphatic rings. The van der Waals surface area contributed by atoms with Crippen molar-refractivity contribution in [2.75, 3.05) is 11.4 Å². The fourth-order valence-electron chi connectivity index (χ4n) is 4.39. The van der Waals surface area contributed by atoms with Crippen molar-refractivity contribution in [1.82, 2.24) is 25.3 Å². The van der Waals surface area contributed by atoms with Crippen LogP contribution in [0.5, 0.6) is 0 Å². The van der Waals surface area contributed by atoms with E-state index in [-0.39, 0.29) is 6.04 Å². The molecular formula is C24H30N6S. The highest BCUT2D eigenvalue weighted by Crippen LogP contribution is 2.25. The third-order valence-corrected chi connectivity index (χ3v) is 6.37. The zero-order valence-corrected chi connectivity index (χ0v) is 18.7. The number of H-pyrrole nitrogens is 1. The van der Waals surface area contributed by atoms with Crippen molar-refractivity contribution in [1.29, 1.82) is 0 Å². The van der Waals surface area contributed by atoms with Crippen molar-refractivity contribution in [2.45, 2.75) is 57.0 Å². The highest BCUT2D eigenvalue weighted by molar-refractivity contribution is 7.80. The van der Waals surface area contributed by atoms with Gasteiger partial charge in [-0.05, 0) is 31.2 Å². The molecular weight excluding hydrogens is 404 g/mol. The van der Waals surface area contributed by atoms with E-state index >= 15 is 0 Å². The van der Waals surface area contributed by atoms with Gasteiger partial charge in [0.05, 0.1) is 17.4 Å². The largest absolute Gasteiger partial charge is 0.375 e. The van der Waals surface area contributed by atoms with Gasteiger partial charge in [0.15, 0.2) is 11.5 Å². The number of nitrogens with one attached hydrogen (secondary N) is 2. The molecule has 6 nitrogen and oxygen atoms in total. The van der Waals surface area contributed by atoms with Crippen LogP contribution in [-0.4, -0.2) is 43.6 Å². The summed E-state index contributed by atoms with van der Waals surface area (Å²) in [5.74, 6) is 0.813. The molecule has 7 heteroatoms. The first kappa shape index (κ1) is 21.4. The van der Waals surface area contributed by atoms with Gasteiger partial charge < -0.3 is 15.2 Å². The molecule has 0 aliphatic heterocycles. The number of aryl methyl sites for hydroxylation is 1. The van der Waals surface area contributed by atoms with Crippen LogP contribution >= 0.6 is 12.2 Å². The maximum atomic E-state index is 6.01. The summed E-state index contributed by atoms with van der Waals surface area (Å²) in [6, 6.07) is 11.0. The van der Waals surface area contributed by atoms with Gasteiger partial charge in [0.25, 0.3) is 0 Å². The van der Waals surface area contributed by atoms with Gasteiger partial charge in [-0.3, -0.25) is 0 Å². The van der Waals surface area contributed by atoms with E-state index in [1.165, 1.54) is 37.7 Å². The molecule has 0 saturated heterocycles. The molecule has 1 fully saturated rings.